The Kier molecular flexibility index (Phi) is 5.02. The van der Waals surface area contributed by atoms with Crippen LogP contribution in [0.1, 0.15) is 5.56 Å². The average Bonchev–Trinajstić information content (AvgIpc) is 2.61. The van der Waals surface area contributed by atoms with Crippen molar-refractivity contribution in [2.45, 2.75) is 11.8 Å². The predicted octanol–water partition coefficient (Wildman–Crippen LogP) is 0.799. The summed E-state index contributed by atoms with van der Waals surface area (Å²) in [5.74, 6) is 0. The fourth-order valence-electron chi connectivity index (χ4n) is 1.48. The molecule has 5 nitrogen and oxygen atoms in total. The van der Waals surface area contributed by atoms with Crippen LogP contribution in [0.5, 0.6) is 0 Å². The van der Waals surface area contributed by atoms with Crippen LogP contribution in [0.25, 0.3) is 0 Å². The first-order chi connectivity index (χ1) is 8.71. The molecule has 0 fully saturated rings. The number of amidine groups is 1. The van der Waals surface area contributed by atoms with Crippen molar-refractivity contribution in [1.82, 2.24) is 4.90 Å². The largest absolute Gasteiger partial charge is 0.744 e. The Morgan fingerprint density at radius 2 is 1.84 bits per heavy atom. The normalized spacial score (nSPS) is 15.3. The lowest BCUT2D eigenvalue weighted by molar-refractivity contribution is -0.491. The lowest BCUT2D eigenvalue weighted by atomic mass is 10.2. The number of hydrogen-bond donors (Lipinski definition) is 0. The first kappa shape index (κ1) is 15.6. The number of nitrogens with zero attached hydrogens (tertiary/aromatic N) is 2. The Labute approximate surface area is 112 Å². The van der Waals surface area contributed by atoms with Gasteiger partial charge in [-0.2, -0.15) is 0 Å². The SMILES string of the molecule is CN1CC[N+](C)=C1F.Cc1ccc(S(=O)(=O)[O-])cc1. The van der Waals surface area contributed by atoms with E-state index < -0.39 is 10.1 Å². The lowest BCUT2D eigenvalue weighted by Gasteiger charge is -2.05. The van der Waals surface area contributed by atoms with Crippen LogP contribution < -0.4 is 0 Å². The van der Waals surface area contributed by atoms with Crippen molar-refractivity contribution >= 4 is 16.2 Å². The first-order valence-electron chi connectivity index (χ1n) is 5.69. The van der Waals surface area contributed by atoms with Crippen LogP contribution in [0.4, 0.5) is 4.39 Å². The van der Waals surface area contributed by atoms with Crippen molar-refractivity contribution in [3.63, 3.8) is 0 Å². The minimum absolute atomic E-state index is 0.120. The summed E-state index contributed by atoms with van der Waals surface area (Å²) in [6.45, 7) is 3.44. The summed E-state index contributed by atoms with van der Waals surface area (Å²) in [5, 5.41) is 0. The van der Waals surface area contributed by atoms with Gasteiger partial charge in [-0.25, -0.2) is 17.9 Å². The Balaban J connectivity index is 0.000000200. The van der Waals surface area contributed by atoms with Gasteiger partial charge in [0, 0.05) is 0 Å². The van der Waals surface area contributed by atoms with Crippen LogP contribution in [0.2, 0.25) is 0 Å². The first-order valence-corrected chi connectivity index (χ1v) is 7.10. The monoisotopic (exact) mass is 288 g/mol. The van der Waals surface area contributed by atoms with Crippen LogP contribution in [0.15, 0.2) is 29.2 Å². The van der Waals surface area contributed by atoms with Crippen LogP contribution in [-0.2, 0) is 10.1 Å². The Morgan fingerprint density at radius 3 is 2.11 bits per heavy atom. The molecule has 1 aromatic rings. The summed E-state index contributed by atoms with van der Waals surface area (Å²) in [7, 11) is -0.772. The fourth-order valence-corrected chi connectivity index (χ4v) is 1.95. The van der Waals surface area contributed by atoms with Gasteiger partial charge in [0.2, 0.25) is 0 Å². The second-order valence-corrected chi connectivity index (χ2v) is 5.76. The molecule has 1 heterocycles. The minimum Gasteiger partial charge on any atom is -0.744 e. The van der Waals surface area contributed by atoms with Crippen LogP contribution in [0.3, 0.4) is 0 Å². The molecule has 19 heavy (non-hydrogen) atoms. The quantitative estimate of drug-likeness (QED) is 0.435. The lowest BCUT2D eigenvalue weighted by Crippen LogP contribution is -2.19. The molecule has 0 aromatic heterocycles. The van der Waals surface area contributed by atoms with Gasteiger partial charge < -0.3 is 4.55 Å². The van der Waals surface area contributed by atoms with E-state index in [1.807, 2.05) is 6.92 Å². The standard InChI is InChI=1S/C7H8O3S.C5H10FN2/c1-6-2-4-7(5-3-6)11(8,9)10;1-7-3-4-8(2)5(7)6/h2-5H,1H3,(H,8,9,10);3-4H2,1-2H3/q;+1/p-1. The van der Waals surface area contributed by atoms with Gasteiger partial charge in [-0.05, 0) is 19.1 Å². The average molecular weight is 288 g/mol. The van der Waals surface area contributed by atoms with Crippen molar-refractivity contribution < 1.29 is 21.9 Å². The molecule has 0 saturated heterocycles. The molecule has 2 rings (SSSR count). The zero-order valence-electron chi connectivity index (χ0n) is 11.1. The molecular formula is C12H17FN2O3S. The molecule has 0 bridgehead atoms. The number of benzene rings is 1. The van der Waals surface area contributed by atoms with Crippen molar-refractivity contribution in [3.8, 4) is 0 Å². The van der Waals surface area contributed by atoms with Crippen molar-refractivity contribution in [1.29, 1.82) is 0 Å². The molecule has 0 atom stereocenters. The number of hydrogen-bond acceptors (Lipinski definition) is 4. The molecule has 0 unspecified atom stereocenters. The maximum absolute atomic E-state index is 12.5. The summed E-state index contributed by atoms with van der Waals surface area (Å²) in [6.07, 6.45) is -0.120. The smallest absolute Gasteiger partial charge is 0.435 e. The van der Waals surface area contributed by atoms with Gasteiger partial charge in [0.15, 0.2) is 0 Å². The zero-order valence-corrected chi connectivity index (χ0v) is 11.9. The van der Waals surface area contributed by atoms with Crippen molar-refractivity contribution in [2.24, 2.45) is 0 Å². The van der Waals surface area contributed by atoms with E-state index in [-0.39, 0.29) is 11.0 Å². The van der Waals surface area contributed by atoms with Gasteiger partial charge >= 0.3 is 6.09 Å². The number of aryl methyl sites for hydroxylation is 1. The Bertz CT molecular complexity index is 567. The molecule has 7 heteroatoms. The summed E-state index contributed by atoms with van der Waals surface area (Å²) in [6, 6.07) is 5.78. The third-order valence-corrected chi connectivity index (χ3v) is 3.56. The number of halogens is 1. The summed E-state index contributed by atoms with van der Waals surface area (Å²) in [4.78, 5) is 1.42. The summed E-state index contributed by atoms with van der Waals surface area (Å²) >= 11 is 0. The van der Waals surface area contributed by atoms with E-state index in [0.29, 0.717) is 0 Å². The second kappa shape index (κ2) is 6.12. The van der Waals surface area contributed by atoms with Gasteiger partial charge in [0.25, 0.3) is 0 Å². The van der Waals surface area contributed by atoms with Gasteiger partial charge in [-0.3, -0.25) is 0 Å². The maximum Gasteiger partial charge on any atom is 0.435 e. The third-order valence-electron chi connectivity index (χ3n) is 2.71. The van der Waals surface area contributed by atoms with E-state index in [0.717, 1.165) is 18.7 Å². The molecule has 0 spiro atoms. The topological polar surface area (TPSA) is 63.5 Å². The molecule has 0 radical (unpaired) electrons. The Hall–Kier alpha value is -1.47. The van der Waals surface area contributed by atoms with E-state index in [2.05, 4.69) is 0 Å². The van der Waals surface area contributed by atoms with Gasteiger partial charge in [-0.1, -0.05) is 17.7 Å². The van der Waals surface area contributed by atoms with E-state index in [1.54, 1.807) is 35.7 Å². The highest BCUT2D eigenvalue weighted by atomic mass is 32.2. The Morgan fingerprint density at radius 1 is 1.32 bits per heavy atom. The molecule has 1 aliphatic rings. The van der Waals surface area contributed by atoms with Gasteiger partial charge in [0.05, 0.1) is 19.0 Å². The molecule has 0 aliphatic carbocycles. The molecule has 1 aliphatic heterocycles. The van der Waals surface area contributed by atoms with Gasteiger partial charge in [-0.15, -0.1) is 4.39 Å². The molecule has 106 valence electrons. The van der Waals surface area contributed by atoms with E-state index >= 15 is 0 Å². The second-order valence-electron chi connectivity index (χ2n) is 4.38. The number of likely N-dealkylation sites (N-methyl/N-ethyl adjacent to an activating group) is 2. The van der Waals surface area contributed by atoms with Gasteiger partial charge in [0.1, 0.15) is 23.2 Å². The minimum atomic E-state index is -4.27. The van der Waals surface area contributed by atoms with Crippen molar-refractivity contribution in [3.05, 3.63) is 29.8 Å². The highest BCUT2D eigenvalue weighted by Crippen LogP contribution is 2.08. The van der Waals surface area contributed by atoms with E-state index in [1.165, 1.54) is 12.1 Å². The highest BCUT2D eigenvalue weighted by Gasteiger charge is 2.23. The highest BCUT2D eigenvalue weighted by molar-refractivity contribution is 7.85. The maximum atomic E-state index is 12.5. The van der Waals surface area contributed by atoms with Crippen LogP contribution in [0, 0.1) is 6.92 Å². The molecular weight excluding hydrogens is 271 g/mol. The molecule has 0 saturated carbocycles. The van der Waals surface area contributed by atoms with Crippen molar-refractivity contribution in [2.75, 3.05) is 27.2 Å². The van der Waals surface area contributed by atoms with Crippen LogP contribution >= 0.6 is 0 Å². The predicted molar refractivity (Wildman–Crippen MR) is 68.9 cm³/mol. The molecule has 1 aromatic carbocycles. The summed E-state index contributed by atoms with van der Waals surface area (Å²) < 4.78 is 45.2. The number of rotatable bonds is 1. The zero-order chi connectivity index (χ0) is 14.6. The fraction of sp³-hybridized carbons (Fsp3) is 0.417. The molecule has 0 N–H and O–H groups in total. The third kappa shape index (κ3) is 4.60. The summed E-state index contributed by atoms with van der Waals surface area (Å²) in [5.41, 5.74) is 0.928. The molecule has 0 amide bonds. The van der Waals surface area contributed by atoms with E-state index in [9.17, 15) is 17.4 Å². The van der Waals surface area contributed by atoms with E-state index in [4.69, 9.17) is 0 Å². The van der Waals surface area contributed by atoms with Crippen LogP contribution in [-0.4, -0.2) is 55.7 Å².